The minimum absolute atomic E-state index is 0.503. The van der Waals surface area contributed by atoms with Crippen molar-refractivity contribution < 1.29 is 9.47 Å². The van der Waals surface area contributed by atoms with Crippen molar-refractivity contribution in [2.45, 2.75) is 19.9 Å². The maximum Gasteiger partial charge on any atom is 0.127 e. The molecule has 100 valence electrons. The van der Waals surface area contributed by atoms with E-state index in [0.717, 1.165) is 49.1 Å². The summed E-state index contributed by atoms with van der Waals surface area (Å²) in [6.45, 7) is 5.42. The molecule has 3 nitrogen and oxygen atoms in total. The second kappa shape index (κ2) is 6.41. The lowest BCUT2D eigenvalue weighted by molar-refractivity contribution is 0.158. The first kappa shape index (κ1) is 13.7. The number of benzene rings is 1. The molecule has 1 unspecified atom stereocenters. The van der Waals surface area contributed by atoms with Gasteiger partial charge in [0.25, 0.3) is 0 Å². The van der Waals surface area contributed by atoms with Crippen molar-refractivity contribution in [1.82, 2.24) is 5.32 Å². The number of halogens is 1. The van der Waals surface area contributed by atoms with Crippen molar-refractivity contribution in [3.63, 3.8) is 0 Å². The Morgan fingerprint density at radius 1 is 1.50 bits per heavy atom. The molecule has 0 fully saturated rings. The maximum atomic E-state index is 6.12. The SMILES string of the molecule is COCC(C)CNCc1cc(Cl)cc2c1OCC2. The number of hydrogen-bond donors (Lipinski definition) is 1. The molecule has 0 radical (unpaired) electrons. The lowest BCUT2D eigenvalue weighted by Gasteiger charge is -2.13. The van der Waals surface area contributed by atoms with E-state index in [-0.39, 0.29) is 0 Å². The van der Waals surface area contributed by atoms with Crippen LogP contribution in [-0.4, -0.2) is 26.9 Å². The lowest BCUT2D eigenvalue weighted by Crippen LogP contribution is -2.23. The summed E-state index contributed by atoms with van der Waals surface area (Å²) in [6.07, 6.45) is 0.961. The van der Waals surface area contributed by atoms with E-state index in [9.17, 15) is 0 Å². The molecule has 0 aliphatic carbocycles. The molecule has 2 rings (SSSR count). The van der Waals surface area contributed by atoms with Gasteiger partial charge in [0.1, 0.15) is 5.75 Å². The molecular weight excluding hydrogens is 250 g/mol. The molecule has 0 bridgehead atoms. The van der Waals surface area contributed by atoms with Crippen LogP contribution in [0, 0.1) is 5.92 Å². The first-order valence-corrected chi connectivity index (χ1v) is 6.72. The molecule has 1 heterocycles. The first-order valence-electron chi connectivity index (χ1n) is 6.34. The third kappa shape index (κ3) is 3.37. The summed E-state index contributed by atoms with van der Waals surface area (Å²) >= 11 is 6.12. The first-order chi connectivity index (χ1) is 8.70. The summed E-state index contributed by atoms with van der Waals surface area (Å²) in [4.78, 5) is 0. The number of fused-ring (bicyclic) bond motifs is 1. The van der Waals surface area contributed by atoms with Crippen LogP contribution >= 0.6 is 11.6 Å². The van der Waals surface area contributed by atoms with Crippen molar-refractivity contribution in [2.24, 2.45) is 5.92 Å². The number of nitrogens with one attached hydrogen (secondary N) is 1. The zero-order valence-electron chi connectivity index (χ0n) is 11.0. The molecule has 1 N–H and O–H groups in total. The van der Waals surface area contributed by atoms with Gasteiger partial charge in [0.05, 0.1) is 6.61 Å². The molecular formula is C14H20ClNO2. The Morgan fingerprint density at radius 2 is 2.33 bits per heavy atom. The van der Waals surface area contributed by atoms with Crippen molar-refractivity contribution in [3.05, 3.63) is 28.3 Å². The summed E-state index contributed by atoms with van der Waals surface area (Å²) in [7, 11) is 1.73. The topological polar surface area (TPSA) is 30.5 Å². The van der Waals surface area contributed by atoms with Gasteiger partial charge in [0, 0.05) is 43.8 Å². The third-order valence-electron chi connectivity index (χ3n) is 3.08. The van der Waals surface area contributed by atoms with Gasteiger partial charge in [0.2, 0.25) is 0 Å². The second-order valence-corrected chi connectivity index (χ2v) is 5.28. The van der Waals surface area contributed by atoms with Crippen LogP contribution in [-0.2, 0) is 17.7 Å². The fourth-order valence-electron chi connectivity index (χ4n) is 2.27. The normalized spacial score (nSPS) is 15.3. The van der Waals surface area contributed by atoms with Crippen LogP contribution in [0.5, 0.6) is 5.75 Å². The van der Waals surface area contributed by atoms with Crippen LogP contribution in [0.2, 0.25) is 5.02 Å². The number of rotatable bonds is 6. The summed E-state index contributed by atoms with van der Waals surface area (Å²) in [5.74, 6) is 1.52. The molecule has 1 atom stereocenters. The predicted molar refractivity (Wildman–Crippen MR) is 73.4 cm³/mol. The molecule has 0 amide bonds. The highest BCUT2D eigenvalue weighted by molar-refractivity contribution is 6.30. The van der Waals surface area contributed by atoms with Crippen molar-refractivity contribution in [2.75, 3.05) is 26.9 Å². The van der Waals surface area contributed by atoms with E-state index >= 15 is 0 Å². The van der Waals surface area contributed by atoms with E-state index in [2.05, 4.69) is 12.2 Å². The Labute approximate surface area is 113 Å². The molecule has 4 heteroatoms. The summed E-state index contributed by atoms with van der Waals surface area (Å²) < 4.78 is 10.8. The van der Waals surface area contributed by atoms with E-state index in [1.54, 1.807) is 7.11 Å². The van der Waals surface area contributed by atoms with Crippen LogP contribution in [0.1, 0.15) is 18.1 Å². The average Bonchev–Trinajstić information content (AvgIpc) is 2.77. The van der Waals surface area contributed by atoms with Crippen molar-refractivity contribution >= 4 is 11.6 Å². The van der Waals surface area contributed by atoms with Crippen LogP contribution < -0.4 is 10.1 Å². The van der Waals surface area contributed by atoms with Crippen LogP contribution in [0.15, 0.2) is 12.1 Å². The molecule has 18 heavy (non-hydrogen) atoms. The van der Waals surface area contributed by atoms with Gasteiger partial charge in [-0.25, -0.2) is 0 Å². The maximum absolute atomic E-state index is 6.12. The smallest absolute Gasteiger partial charge is 0.127 e. The predicted octanol–water partition coefficient (Wildman–Crippen LogP) is 2.65. The standard InChI is InChI=1S/C14H20ClNO2/c1-10(9-17-2)7-16-8-12-6-13(15)5-11-3-4-18-14(11)12/h5-6,10,16H,3-4,7-9H2,1-2H3. The van der Waals surface area contributed by atoms with E-state index in [1.807, 2.05) is 12.1 Å². The van der Waals surface area contributed by atoms with E-state index < -0.39 is 0 Å². The molecule has 0 saturated carbocycles. The van der Waals surface area contributed by atoms with Gasteiger partial charge in [0.15, 0.2) is 0 Å². The zero-order chi connectivity index (χ0) is 13.0. The Hall–Kier alpha value is -0.770. The van der Waals surface area contributed by atoms with Gasteiger partial charge < -0.3 is 14.8 Å². The number of methoxy groups -OCH3 is 1. The van der Waals surface area contributed by atoms with Crippen LogP contribution in [0.25, 0.3) is 0 Å². The molecule has 0 saturated heterocycles. The third-order valence-corrected chi connectivity index (χ3v) is 3.30. The lowest BCUT2D eigenvalue weighted by atomic mass is 10.1. The molecule has 1 aliphatic rings. The summed E-state index contributed by atoms with van der Waals surface area (Å²) in [6, 6.07) is 3.99. The van der Waals surface area contributed by atoms with Crippen LogP contribution in [0.4, 0.5) is 0 Å². The Morgan fingerprint density at radius 3 is 3.11 bits per heavy atom. The van der Waals surface area contributed by atoms with E-state index in [0.29, 0.717) is 5.92 Å². The van der Waals surface area contributed by atoms with Crippen molar-refractivity contribution in [1.29, 1.82) is 0 Å². The highest BCUT2D eigenvalue weighted by atomic mass is 35.5. The summed E-state index contributed by atoms with van der Waals surface area (Å²) in [5.41, 5.74) is 2.38. The van der Waals surface area contributed by atoms with Crippen molar-refractivity contribution in [3.8, 4) is 5.75 Å². The molecule has 1 aromatic carbocycles. The average molecular weight is 270 g/mol. The van der Waals surface area contributed by atoms with E-state index in [4.69, 9.17) is 21.1 Å². The molecule has 0 spiro atoms. The zero-order valence-corrected chi connectivity index (χ0v) is 11.7. The number of ether oxygens (including phenoxy) is 2. The van der Waals surface area contributed by atoms with Gasteiger partial charge in [-0.2, -0.15) is 0 Å². The monoisotopic (exact) mass is 269 g/mol. The molecule has 1 aliphatic heterocycles. The minimum atomic E-state index is 0.503. The summed E-state index contributed by atoms with van der Waals surface area (Å²) in [5, 5.41) is 4.22. The molecule has 0 aromatic heterocycles. The van der Waals surface area contributed by atoms with Gasteiger partial charge in [-0.1, -0.05) is 18.5 Å². The van der Waals surface area contributed by atoms with Gasteiger partial charge in [-0.05, 0) is 23.6 Å². The minimum Gasteiger partial charge on any atom is -0.493 e. The van der Waals surface area contributed by atoms with Gasteiger partial charge in [-0.15, -0.1) is 0 Å². The molecule has 1 aromatic rings. The van der Waals surface area contributed by atoms with Gasteiger partial charge in [-0.3, -0.25) is 0 Å². The van der Waals surface area contributed by atoms with E-state index in [1.165, 1.54) is 5.56 Å². The highest BCUT2D eigenvalue weighted by Crippen LogP contribution is 2.32. The Balaban J connectivity index is 1.93. The Kier molecular flexibility index (Phi) is 4.87. The van der Waals surface area contributed by atoms with Crippen LogP contribution in [0.3, 0.4) is 0 Å². The Bertz CT molecular complexity index is 409. The highest BCUT2D eigenvalue weighted by Gasteiger charge is 2.17. The van der Waals surface area contributed by atoms with Gasteiger partial charge >= 0.3 is 0 Å². The fraction of sp³-hybridized carbons (Fsp3) is 0.571. The quantitative estimate of drug-likeness (QED) is 0.861. The largest absolute Gasteiger partial charge is 0.493 e. The second-order valence-electron chi connectivity index (χ2n) is 4.84. The number of hydrogen-bond acceptors (Lipinski definition) is 3. The fourth-order valence-corrected chi connectivity index (χ4v) is 2.54.